The number of aromatic nitrogens is 6. The summed E-state index contributed by atoms with van der Waals surface area (Å²) >= 11 is 0. The summed E-state index contributed by atoms with van der Waals surface area (Å²) in [5, 5.41) is 4.33. The van der Waals surface area contributed by atoms with Gasteiger partial charge in [0.05, 0.1) is 11.2 Å². The molecule has 5 rings (SSSR count). The Morgan fingerprint density at radius 1 is 0.774 bits per heavy atom. The number of hydrogen-bond acceptors (Lipinski definition) is 7. The van der Waals surface area contributed by atoms with Gasteiger partial charge in [0.25, 0.3) is 0 Å². The fourth-order valence-corrected chi connectivity index (χ4v) is 3.30. The first-order valence-electron chi connectivity index (χ1n) is 9.91. The van der Waals surface area contributed by atoms with Gasteiger partial charge in [-0.05, 0) is 43.3 Å². The molecule has 7 heteroatoms. The topological polar surface area (TPSA) is 89.4 Å². The van der Waals surface area contributed by atoms with Crippen LogP contribution in [0.15, 0.2) is 79.5 Å². The van der Waals surface area contributed by atoms with Crippen LogP contribution in [-0.2, 0) is 6.54 Å². The first kappa shape index (κ1) is 18.7. The van der Waals surface area contributed by atoms with E-state index in [0.717, 1.165) is 39.0 Å². The van der Waals surface area contributed by atoms with Crippen molar-refractivity contribution in [2.75, 3.05) is 5.32 Å². The van der Waals surface area contributed by atoms with Crippen LogP contribution in [0.3, 0.4) is 0 Å². The summed E-state index contributed by atoms with van der Waals surface area (Å²) in [5.41, 5.74) is 5.67. The average molecular weight is 405 g/mol. The molecule has 0 amide bonds. The van der Waals surface area contributed by atoms with E-state index in [-0.39, 0.29) is 0 Å². The van der Waals surface area contributed by atoms with E-state index in [9.17, 15) is 0 Å². The summed E-state index contributed by atoms with van der Waals surface area (Å²) in [4.78, 5) is 26.5. The van der Waals surface area contributed by atoms with Gasteiger partial charge in [0.15, 0.2) is 5.82 Å². The van der Waals surface area contributed by atoms with Gasteiger partial charge in [-0.3, -0.25) is 9.97 Å². The molecule has 0 saturated heterocycles. The van der Waals surface area contributed by atoms with E-state index in [1.807, 2.05) is 61.8 Å². The monoisotopic (exact) mass is 405 g/mol. The van der Waals surface area contributed by atoms with Gasteiger partial charge < -0.3 is 5.32 Å². The molecule has 0 aliphatic carbocycles. The summed E-state index contributed by atoms with van der Waals surface area (Å²) in [7, 11) is 0. The van der Waals surface area contributed by atoms with Crippen LogP contribution in [-0.4, -0.2) is 29.9 Å². The van der Waals surface area contributed by atoms with Crippen LogP contribution in [0.5, 0.6) is 0 Å². The lowest BCUT2D eigenvalue weighted by Gasteiger charge is -2.08. The van der Waals surface area contributed by atoms with Crippen molar-refractivity contribution < 1.29 is 0 Å². The predicted molar refractivity (Wildman–Crippen MR) is 120 cm³/mol. The Labute approximate surface area is 179 Å². The fraction of sp³-hybridized carbons (Fsp3) is 0.0833. The molecule has 4 heterocycles. The first-order chi connectivity index (χ1) is 15.2. The SMILES string of the molecule is Cc1cc(-c2ncc(CNc3nccc(-c4ccc5ncccc5c4)n3)cn2)ccn1. The second-order valence-electron chi connectivity index (χ2n) is 7.13. The molecule has 7 nitrogen and oxygen atoms in total. The minimum atomic E-state index is 0.529. The van der Waals surface area contributed by atoms with Crippen molar-refractivity contribution in [3.05, 3.63) is 90.8 Å². The minimum absolute atomic E-state index is 0.529. The highest BCUT2D eigenvalue weighted by molar-refractivity contribution is 5.83. The third-order valence-corrected chi connectivity index (χ3v) is 4.87. The molecular formula is C24H19N7. The fourth-order valence-electron chi connectivity index (χ4n) is 3.30. The maximum absolute atomic E-state index is 4.65. The van der Waals surface area contributed by atoms with Crippen molar-refractivity contribution in [2.45, 2.75) is 13.5 Å². The van der Waals surface area contributed by atoms with Gasteiger partial charge in [-0.2, -0.15) is 0 Å². The number of nitrogens with zero attached hydrogens (tertiary/aromatic N) is 6. The average Bonchev–Trinajstić information content (AvgIpc) is 2.83. The Morgan fingerprint density at radius 2 is 1.65 bits per heavy atom. The summed E-state index contributed by atoms with van der Waals surface area (Å²) in [6.45, 7) is 2.48. The lowest BCUT2D eigenvalue weighted by molar-refractivity contribution is 1.02. The largest absolute Gasteiger partial charge is 0.350 e. The maximum atomic E-state index is 4.65. The number of pyridine rings is 2. The van der Waals surface area contributed by atoms with Crippen LogP contribution >= 0.6 is 0 Å². The summed E-state index contributed by atoms with van der Waals surface area (Å²) in [5.74, 6) is 1.23. The summed E-state index contributed by atoms with van der Waals surface area (Å²) in [6.07, 6.45) is 8.93. The molecule has 150 valence electrons. The number of aryl methyl sites for hydroxylation is 1. The van der Waals surface area contributed by atoms with E-state index in [4.69, 9.17) is 0 Å². The van der Waals surface area contributed by atoms with Gasteiger partial charge in [-0.15, -0.1) is 0 Å². The molecule has 0 aliphatic heterocycles. The van der Waals surface area contributed by atoms with Crippen LogP contribution in [0.1, 0.15) is 11.3 Å². The molecule has 1 N–H and O–H groups in total. The van der Waals surface area contributed by atoms with Crippen LogP contribution in [0.2, 0.25) is 0 Å². The van der Waals surface area contributed by atoms with Gasteiger partial charge in [0.2, 0.25) is 5.95 Å². The van der Waals surface area contributed by atoms with Crippen molar-refractivity contribution >= 4 is 16.9 Å². The number of hydrogen-bond donors (Lipinski definition) is 1. The highest BCUT2D eigenvalue weighted by atomic mass is 15.1. The Bertz CT molecular complexity index is 1350. The molecule has 0 atom stereocenters. The van der Waals surface area contributed by atoms with E-state index in [1.54, 1.807) is 18.6 Å². The quantitative estimate of drug-likeness (QED) is 0.461. The lowest BCUT2D eigenvalue weighted by atomic mass is 10.1. The molecule has 0 aliphatic rings. The summed E-state index contributed by atoms with van der Waals surface area (Å²) < 4.78 is 0. The third kappa shape index (κ3) is 4.20. The van der Waals surface area contributed by atoms with Gasteiger partial charge in [0, 0.05) is 65.3 Å². The second kappa shape index (κ2) is 8.23. The molecule has 1 aromatic carbocycles. The van der Waals surface area contributed by atoms with E-state index < -0.39 is 0 Å². The van der Waals surface area contributed by atoms with Crippen LogP contribution in [0.4, 0.5) is 5.95 Å². The third-order valence-electron chi connectivity index (χ3n) is 4.87. The molecule has 0 spiro atoms. The van der Waals surface area contributed by atoms with Gasteiger partial charge >= 0.3 is 0 Å². The first-order valence-corrected chi connectivity index (χ1v) is 9.91. The smallest absolute Gasteiger partial charge is 0.223 e. The highest BCUT2D eigenvalue weighted by Crippen LogP contribution is 2.22. The predicted octanol–water partition coefficient (Wildman–Crippen LogP) is 4.46. The zero-order valence-electron chi connectivity index (χ0n) is 16.9. The molecule has 5 aromatic rings. The molecule has 0 unspecified atom stereocenters. The molecule has 0 radical (unpaired) electrons. The Hall–Kier alpha value is -4.26. The van der Waals surface area contributed by atoms with Crippen molar-refractivity contribution in [2.24, 2.45) is 0 Å². The van der Waals surface area contributed by atoms with Crippen molar-refractivity contribution in [1.29, 1.82) is 0 Å². The standard InChI is InChI=1S/C24H19N7/c1-16-11-20(6-9-25-16)23-28-13-17(14-29-23)15-30-24-27-10-7-22(31-24)19-4-5-21-18(12-19)3-2-8-26-21/h2-14H,15H2,1H3,(H,27,30,31). The molecule has 31 heavy (non-hydrogen) atoms. The molecular weight excluding hydrogens is 386 g/mol. The normalized spacial score (nSPS) is 10.9. The van der Waals surface area contributed by atoms with E-state index in [2.05, 4.69) is 41.3 Å². The molecule has 0 fully saturated rings. The van der Waals surface area contributed by atoms with E-state index in [0.29, 0.717) is 18.3 Å². The molecule has 0 saturated carbocycles. The van der Waals surface area contributed by atoms with Gasteiger partial charge in [-0.1, -0.05) is 12.1 Å². The maximum Gasteiger partial charge on any atom is 0.223 e. The number of nitrogens with one attached hydrogen (secondary N) is 1. The zero-order chi connectivity index (χ0) is 21.0. The Balaban J connectivity index is 1.30. The van der Waals surface area contributed by atoms with Crippen molar-refractivity contribution in [1.82, 2.24) is 29.9 Å². The van der Waals surface area contributed by atoms with Crippen LogP contribution < -0.4 is 5.32 Å². The summed E-state index contributed by atoms with van der Waals surface area (Å²) in [6, 6.07) is 15.9. The number of rotatable bonds is 5. The number of anilines is 1. The van der Waals surface area contributed by atoms with E-state index >= 15 is 0 Å². The second-order valence-corrected chi connectivity index (χ2v) is 7.13. The van der Waals surface area contributed by atoms with Crippen molar-refractivity contribution in [3.63, 3.8) is 0 Å². The van der Waals surface area contributed by atoms with Gasteiger partial charge in [0.1, 0.15) is 0 Å². The van der Waals surface area contributed by atoms with Crippen molar-refractivity contribution in [3.8, 4) is 22.6 Å². The van der Waals surface area contributed by atoms with Crippen LogP contribution in [0.25, 0.3) is 33.5 Å². The number of fused-ring (bicyclic) bond motifs is 1. The lowest BCUT2D eigenvalue weighted by Crippen LogP contribution is -2.05. The Morgan fingerprint density at radius 3 is 2.52 bits per heavy atom. The van der Waals surface area contributed by atoms with Crippen LogP contribution in [0, 0.1) is 6.92 Å². The molecule has 0 bridgehead atoms. The number of benzene rings is 1. The zero-order valence-corrected chi connectivity index (χ0v) is 16.9. The Kier molecular flexibility index (Phi) is 4.98. The molecule has 4 aromatic heterocycles. The minimum Gasteiger partial charge on any atom is -0.350 e. The van der Waals surface area contributed by atoms with E-state index in [1.165, 1.54) is 0 Å². The van der Waals surface area contributed by atoms with Gasteiger partial charge in [-0.25, -0.2) is 19.9 Å². The highest BCUT2D eigenvalue weighted by Gasteiger charge is 2.06.